The van der Waals surface area contributed by atoms with E-state index >= 15 is 0 Å². The first-order valence-corrected chi connectivity index (χ1v) is 9.41. The van der Waals surface area contributed by atoms with Crippen LogP contribution in [0.5, 0.6) is 0 Å². The Hall–Kier alpha value is -2.88. The van der Waals surface area contributed by atoms with Crippen molar-refractivity contribution in [1.29, 1.82) is 0 Å². The van der Waals surface area contributed by atoms with Gasteiger partial charge in [0.05, 0.1) is 29.7 Å². The third kappa shape index (κ3) is 3.67. The Morgan fingerprint density at radius 2 is 2.03 bits per heavy atom. The Morgan fingerprint density at radius 1 is 1.27 bits per heavy atom. The first-order valence-electron chi connectivity index (χ1n) is 9.03. The summed E-state index contributed by atoms with van der Waals surface area (Å²) in [5.74, 6) is -0.294. The number of nitrogens with one attached hydrogen (secondary N) is 1. The van der Waals surface area contributed by atoms with E-state index in [2.05, 4.69) is 15.2 Å². The van der Waals surface area contributed by atoms with Gasteiger partial charge in [-0.05, 0) is 24.6 Å². The summed E-state index contributed by atoms with van der Waals surface area (Å²) in [6.07, 6.45) is -3.23. The lowest BCUT2D eigenvalue weighted by molar-refractivity contribution is -0.138. The van der Waals surface area contributed by atoms with Gasteiger partial charge in [-0.1, -0.05) is 17.7 Å². The van der Waals surface area contributed by atoms with Gasteiger partial charge in [-0.2, -0.15) is 18.3 Å². The van der Waals surface area contributed by atoms with Crippen LogP contribution in [0.4, 0.5) is 23.2 Å². The number of hydrogen-bond acceptors (Lipinski definition) is 4. The SMILES string of the molecule is Cc1nc2n(c1Cc1ccc(F)cc1C(F)(F)F)CCN(c1cn[nH]c(=O)c1Cl)C2. The number of fused-ring (bicyclic) bond motifs is 1. The molecule has 3 aromatic rings. The fraction of sp³-hybridized carbons (Fsp3) is 0.316. The average molecular weight is 442 g/mol. The molecule has 1 aromatic carbocycles. The average Bonchev–Trinajstić information content (AvgIpc) is 2.99. The molecule has 0 spiro atoms. The molecule has 6 nitrogen and oxygen atoms in total. The standard InChI is InChI=1S/C19H16ClF4N5O/c1-10-14(6-11-2-3-12(21)7-13(11)19(22,23)24)29-5-4-28(9-16(29)26-10)15-8-25-27-18(30)17(15)20/h2-3,7-8H,4-6,9H2,1H3,(H,27,30). The smallest absolute Gasteiger partial charge is 0.360 e. The van der Waals surface area contributed by atoms with Crippen molar-refractivity contribution in [3.05, 3.63) is 73.9 Å². The third-order valence-electron chi connectivity index (χ3n) is 5.13. The summed E-state index contributed by atoms with van der Waals surface area (Å²) < 4.78 is 55.4. The van der Waals surface area contributed by atoms with Gasteiger partial charge in [0, 0.05) is 25.2 Å². The van der Waals surface area contributed by atoms with Gasteiger partial charge in [0.15, 0.2) is 0 Å². The number of hydrogen-bond donors (Lipinski definition) is 1. The molecule has 11 heteroatoms. The van der Waals surface area contributed by atoms with Gasteiger partial charge in [-0.25, -0.2) is 14.5 Å². The number of H-pyrrole nitrogens is 1. The largest absolute Gasteiger partial charge is 0.416 e. The maximum Gasteiger partial charge on any atom is 0.416 e. The molecule has 3 heterocycles. The Morgan fingerprint density at radius 3 is 2.77 bits per heavy atom. The molecular formula is C19H16ClF4N5O. The molecule has 1 N–H and O–H groups in total. The molecule has 4 rings (SSSR count). The molecule has 0 atom stereocenters. The van der Waals surface area contributed by atoms with Gasteiger partial charge in [-0.15, -0.1) is 0 Å². The quantitative estimate of drug-likeness (QED) is 0.629. The van der Waals surface area contributed by atoms with Crippen molar-refractivity contribution in [3.63, 3.8) is 0 Å². The summed E-state index contributed by atoms with van der Waals surface area (Å²) in [7, 11) is 0. The number of nitrogens with zero attached hydrogens (tertiary/aromatic N) is 4. The van der Waals surface area contributed by atoms with Crippen LogP contribution in [0.25, 0.3) is 0 Å². The van der Waals surface area contributed by atoms with Gasteiger partial charge in [0.1, 0.15) is 16.7 Å². The van der Waals surface area contributed by atoms with Crippen molar-refractivity contribution in [2.75, 3.05) is 11.4 Å². The number of benzene rings is 1. The number of imidazole rings is 1. The highest BCUT2D eigenvalue weighted by molar-refractivity contribution is 6.32. The second-order valence-electron chi connectivity index (χ2n) is 7.01. The van der Waals surface area contributed by atoms with E-state index in [0.29, 0.717) is 48.6 Å². The Kier molecular flexibility index (Phi) is 5.05. The van der Waals surface area contributed by atoms with Gasteiger partial charge in [0.25, 0.3) is 5.56 Å². The lowest BCUT2D eigenvalue weighted by Gasteiger charge is -2.30. The Bertz CT molecular complexity index is 1170. The van der Waals surface area contributed by atoms with Crippen molar-refractivity contribution in [2.24, 2.45) is 0 Å². The van der Waals surface area contributed by atoms with Gasteiger partial charge in [-0.3, -0.25) is 4.79 Å². The molecule has 0 fully saturated rings. The zero-order valence-electron chi connectivity index (χ0n) is 15.7. The van der Waals surface area contributed by atoms with Crippen LogP contribution < -0.4 is 10.5 Å². The van der Waals surface area contributed by atoms with E-state index in [4.69, 9.17) is 11.6 Å². The van der Waals surface area contributed by atoms with E-state index in [0.717, 1.165) is 12.1 Å². The van der Waals surface area contributed by atoms with E-state index in [1.165, 1.54) is 6.20 Å². The zero-order chi connectivity index (χ0) is 21.6. The first kappa shape index (κ1) is 20.4. The maximum atomic E-state index is 13.4. The van der Waals surface area contributed by atoms with Crippen molar-refractivity contribution < 1.29 is 17.6 Å². The summed E-state index contributed by atoms with van der Waals surface area (Å²) in [6.45, 7) is 2.96. The summed E-state index contributed by atoms with van der Waals surface area (Å²) in [5.41, 5.74) is 0.189. The van der Waals surface area contributed by atoms with E-state index in [-0.39, 0.29) is 17.0 Å². The maximum absolute atomic E-state index is 13.4. The molecule has 0 unspecified atom stereocenters. The number of rotatable bonds is 3. The molecule has 2 aromatic heterocycles. The lowest BCUT2D eigenvalue weighted by atomic mass is 10.0. The number of anilines is 1. The highest BCUT2D eigenvalue weighted by Crippen LogP contribution is 2.34. The molecule has 1 aliphatic heterocycles. The number of halogens is 5. The second kappa shape index (κ2) is 7.42. The molecule has 0 amide bonds. The fourth-order valence-electron chi connectivity index (χ4n) is 3.70. The summed E-state index contributed by atoms with van der Waals surface area (Å²) in [4.78, 5) is 18.1. The van der Waals surface area contributed by atoms with Crippen LogP contribution in [0.15, 0.2) is 29.2 Å². The summed E-state index contributed by atoms with van der Waals surface area (Å²) >= 11 is 6.08. The number of aryl methyl sites for hydroxylation is 1. The minimum absolute atomic E-state index is 0.0148. The minimum Gasteiger partial charge on any atom is -0.360 e. The van der Waals surface area contributed by atoms with Gasteiger partial charge in [0.2, 0.25) is 0 Å². The second-order valence-corrected chi connectivity index (χ2v) is 7.39. The molecule has 30 heavy (non-hydrogen) atoms. The van der Waals surface area contributed by atoms with Crippen LogP contribution in [-0.4, -0.2) is 26.3 Å². The van der Waals surface area contributed by atoms with Crippen LogP contribution in [0, 0.1) is 12.7 Å². The lowest BCUT2D eigenvalue weighted by Crippen LogP contribution is -2.35. The van der Waals surface area contributed by atoms with E-state index in [9.17, 15) is 22.4 Å². The van der Waals surface area contributed by atoms with Gasteiger partial charge >= 0.3 is 6.18 Å². The predicted octanol–water partition coefficient (Wildman–Crippen LogP) is 3.70. The third-order valence-corrected chi connectivity index (χ3v) is 5.50. The Balaban J connectivity index is 1.67. The molecular weight excluding hydrogens is 426 g/mol. The highest BCUT2D eigenvalue weighted by Gasteiger charge is 2.34. The summed E-state index contributed by atoms with van der Waals surface area (Å²) in [6, 6.07) is 2.70. The first-order chi connectivity index (χ1) is 14.1. The number of aromatic nitrogens is 4. The van der Waals surface area contributed by atoms with Crippen molar-refractivity contribution >= 4 is 17.3 Å². The van der Waals surface area contributed by atoms with E-state index < -0.39 is 23.1 Å². The minimum atomic E-state index is -4.66. The van der Waals surface area contributed by atoms with Crippen molar-refractivity contribution in [3.8, 4) is 0 Å². The molecule has 1 aliphatic rings. The van der Waals surface area contributed by atoms with Crippen LogP contribution in [-0.2, 0) is 25.7 Å². The number of aromatic amines is 1. The highest BCUT2D eigenvalue weighted by atomic mass is 35.5. The van der Waals surface area contributed by atoms with Crippen LogP contribution in [0.1, 0.15) is 28.3 Å². The topological polar surface area (TPSA) is 66.8 Å². The molecule has 0 saturated carbocycles. The summed E-state index contributed by atoms with van der Waals surface area (Å²) in [5, 5.41) is 6.04. The normalized spacial score (nSPS) is 14.1. The Labute approximate surface area is 173 Å². The van der Waals surface area contributed by atoms with Gasteiger partial charge < -0.3 is 9.47 Å². The monoisotopic (exact) mass is 441 g/mol. The predicted molar refractivity (Wildman–Crippen MR) is 102 cm³/mol. The molecule has 0 aliphatic carbocycles. The molecule has 158 valence electrons. The van der Waals surface area contributed by atoms with Crippen LogP contribution >= 0.6 is 11.6 Å². The zero-order valence-corrected chi connectivity index (χ0v) is 16.5. The number of alkyl halides is 3. The van der Waals surface area contributed by atoms with Crippen LogP contribution in [0.2, 0.25) is 5.02 Å². The van der Waals surface area contributed by atoms with E-state index in [1.54, 1.807) is 6.92 Å². The molecule has 0 saturated heterocycles. The van der Waals surface area contributed by atoms with Crippen molar-refractivity contribution in [2.45, 2.75) is 32.6 Å². The molecule has 0 bridgehead atoms. The molecule has 0 radical (unpaired) electrons. The fourth-order valence-corrected chi connectivity index (χ4v) is 3.91. The van der Waals surface area contributed by atoms with E-state index in [1.807, 2.05) is 9.47 Å². The van der Waals surface area contributed by atoms with Crippen molar-refractivity contribution in [1.82, 2.24) is 19.7 Å². The van der Waals surface area contributed by atoms with Crippen LogP contribution in [0.3, 0.4) is 0 Å².